The van der Waals surface area contributed by atoms with E-state index in [1.165, 1.54) is 6.07 Å². The normalized spacial score (nSPS) is 18.8. The molecule has 4 nitrogen and oxygen atoms in total. The predicted molar refractivity (Wildman–Crippen MR) is 68.9 cm³/mol. The van der Waals surface area contributed by atoms with Gasteiger partial charge in [0.1, 0.15) is 6.04 Å². The van der Waals surface area contributed by atoms with E-state index in [0.29, 0.717) is 10.9 Å². The maximum Gasteiger partial charge on any atom is 0.416 e. The van der Waals surface area contributed by atoms with Crippen molar-refractivity contribution < 1.29 is 22.8 Å². The fraction of sp³-hybridized carbons (Fsp3) is 0.333. The van der Waals surface area contributed by atoms with Crippen LogP contribution in [0.25, 0.3) is 0 Å². The monoisotopic (exact) mass is 350 g/mol. The van der Waals surface area contributed by atoms with Crippen LogP contribution in [0.4, 0.5) is 18.9 Å². The summed E-state index contributed by atoms with van der Waals surface area (Å²) in [5, 5.41) is 4.83. The number of hydrogen-bond donors (Lipinski definition) is 2. The van der Waals surface area contributed by atoms with Gasteiger partial charge < -0.3 is 10.6 Å². The zero-order valence-corrected chi connectivity index (χ0v) is 11.6. The van der Waals surface area contributed by atoms with Crippen molar-refractivity contribution in [2.75, 3.05) is 5.32 Å². The number of carbonyl (C=O) groups is 2. The van der Waals surface area contributed by atoms with Crippen molar-refractivity contribution in [2.45, 2.75) is 25.1 Å². The van der Waals surface area contributed by atoms with E-state index in [1.807, 2.05) is 0 Å². The number of carbonyl (C=O) groups excluding carboxylic acids is 2. The lowest BCUT2D eigenvalue weighted by Gasteiger charge is -2.14. The molecular weight excluding hydrogens is 341 g/mol. The molecule has 0 unspecified atom stereocenters. The van der Waals surface area contributed by atoms with Gasteiger partial charge >= 0.3 is 6.18 Å². The van der Waals surface area contributed by atoms with E-state index < -0.39 is 23.7 Å². The standard InChI is InChI=1S/C12H10BrF3N2O2/c13-7-2-1-6(12(14,15)16)5-9(7)18-11(20)8-3-4-10(19)17-8/h1-2,5,8H,3-4H2,(H,17,19)(H,18,20)/t8-/m0/s1. The topological polar surface area (TPSA) is 58.2 Å². The average molecular weight is 351 g/mol. The maximum absolute atomic E-state index is 12.6. The molecule has 1 aromatic rings. The Morgan fingerprint density at radius 1 is 1.40 bits per heavy atom. The summed E-state index contributed by atoms with van der Waals surface area (Å²) < 4.78 is 38.1. The van der Waals surface area contributed by atoms with Crippen LogP contribution in [0.15, 0.2) is 22.7 Å². The van der Waals surface area contributed by atoms with Crippen LogP contribution in [0, 0.1) is 0 Å². The van der Waals surface area contributed by atoms with E-state index in [0.717, 1.165) is 12.1 Å². The number of halogens is 4. The van der Waals surface area contributed by atoms with Gasteiger partial charge in [-0.05, 0) is 40.5 Å². The second-order valence-electron chi connectivity index (χ2n) is 4.34. The van der Waals surface area contributed by atoms with E-state index in [4.69, 9.17) is 0 Å². The second-order valence-corrected chi connectivity index (χ2v) is 5.19. The molecule has 1 atom stereocenters. The van der Waals surface area contributed by atoms with E-state index in [-0.39, 0.29) is 18.0 Å². The van der Waals surface area contributed by atoms with Crippen molar-refractivity contribution >= 4 is 33.4 Å². The Morgan fingerprint density at radius 3 is 2.65 bits per heavy atom. The van der Waals surface area contributed by atoms with Crippen LogP contribution in [0.1, 0.15) is 18.4 Å². The number of alkyl halides is 3. The third kappa shape index (κ3) is 3.30. The first-order valence-electron chi connectivity index (χ1n) is 5.74. The van der Waals surface area contributed by atoms with E-state index in [1.54, 1.807) is 0 Å². The minimum atomic E-state index is -4.48. The number of rotatable bonds is 2. The SMILES string of the molecule is O=C1CC[C@@H](C(=O)Nc2cc(C(F)(F)F)ccc2Br)N1. The summed E-state index contributed by atoms with van der Waals surface area (Å²) in [5.74, 6) is -0.774. The number of amides is 2. The van der Waals surface area contributed by atoms with Gasteiger partial charge in [0.25, 0.3) is 0 Å². The molecule has 1 aliphatic heterocycles. The summed E-state index contributed by atoms with van der Waals surface area (Å²) in [5.41, 5.74) is -0.836. The molecule has 108 valence electrons. The molecule has 2 rings (SSSR count). The van der Waals surface area contributed by atoms with Gasteiger partial charge in [0.2, 0.25) is 11.8 Å². The molecule has 1 fully saturated rings. The molecule has 20 heavy (non-hydrogen) atoms. The largest absolute Gasteiger partial charge is 0.416 e. The number of hydrogen-bond acceptors (Lipinski definition) is 2. The molecule has 1 heterocycles. The molecule has 2 N–H and O–H groups in total. The maximum atomic E-state index is 12.6. The first-order valence-corrected chi connectivity index (χ1v) is 6.53. The minimum absolute atomic E-state index is 0.0194. The summed E-state index contributed by atoms with van der Waals surface area (Å²) in [6, 6.07) is 2.27. The molecule has 8 heteroatoms. The Hall–Kier alpha value is -1.57. The summed E-state index contributed by atoms with van der Waals surface area (Å²) in [6.07, 6.45) is -3.91. The summed E-state index contributed by atoms with van der Waals surface area (Å²) in [6.45, 7) is 0. The van der Waals surface area contributed by atoms with Crippen molar-refractivity contribution in [2.24, 2.45) is 0 Å². The molecular formula is C12H10BrF3N2O2. The Balaban J connectivity index is 2.16. The van der Waals surface area contributed by atoms with E-state index in [9.17, 15) is 22.8 Å². The van der Waals surface area contributed by atoms with Crippen molar-refractivity contribution in [1.82, 2.24) is 5.32 Å². The predicted octanol–water partition coefficient (Wildman–Crippen LogP) is 2.69. The highest BCUT2D eigenvalue weighted by Gasteiger charge is 2.32. The van der Waals surface area contributed by atoms with Gasteiger partial charge in [0, 0.05) is 10.9 Å². The van der Waals surface area contributed by atoms with Gasteiger partial charge in [0.05, 0.1) is 11.3 Å². The molecule has 0 saturated carbocycles. The van der Waals surface area contributed by atoms with Gasteiger partial charge in [-0.15, -0.1) is 0 Å². The highest BCUT2D eigenvalue weighted by atomic mass is 79.9. The molecule has 1 aromatic carbocycles. The van der Waals surface area contributed by atoms with Crippen LogP contribution in [0.2, 0.25) is 0 Å². The van der Waals surface area contributed by atoms with Crippen molar-refractivity contribution in [3.8, 4) is 0 Å². The third-order valence-corrected chi connectivity index (χ3v) is 3.55. The number of nitrogens with one attached hydrogen (secondary N) is 2. The van der Waals surface area contributed by atoms with E-state index in [2.05, 4.69) is 26.6 Å². The lowest BCUT2D eigenvalue weighted by molar-refractivity contribution is -0.137. The van der Waals surface area contributed by atoms with Gasteiger partial charge in [0.15, 0.2) is 0 Å². The molecule has 1 saturated heterocycles. The van der Waals surface area contributed by atoms with Crippen LogP contribution in [0.5, 0.6) is 0 Å². The van der Waals surface area contributed by atoms with Gasteiger partial charge in [-0.2, -0.15) is 13.2 Å². The van der Waals surface area contributed by atoms with Crippen LogP contribution in [0.3, 0.4) is 0 Å². The molecule has 0 aliphatic carbocycles. The van der Waals surface area contributed by atoms with Crippen LogP contribution in [-0.4, -0.2) is 17.9 Å². The zero-order valence-electron chi connectivity index (χ0n) is 10.1. The molecule has 0 radical (unpaired) electrons. The first-order chi connectivity index (χ1) is 9.27. The van der Waals surface area contributed by atoms with Gasteiger partial charge in [-0.25, -0.2) is 0 Å². The number of benzene rings is 1. The van der Waals surface area contributed by atoms with Crippen molar-refractivity contribution in [3.05, 3.63) is 28.2 Å². The lowest BCUT2D eigenvalue weighted by Crippen LogP contribution is -2.37. The minimum Gasteiger partial charge on any atom is -0.344 e. The van der Waals surface area contributed by atoms with Crippen molar-refractivity contribution in [1.29, 1.82) is 0 Å². The molecule has 1 aliphatic rings. The number of anilines is 1. The van der Waals surface area contributed by atoms with Crippen LogP contribution >= 0.6 is 15.9 Å². The summed E-state index contributed by atoms with van der Waals surface area (Å²) >= 11 is 3.08. The molecule has 0 spiro atoms. The molecule has 2 amide bonds. The van der Waals surface area contributed by atoms with Crippen LogP contribution < -0.4 is 10.6 Å². The Kier molecular flexibility index (Phi) is 4.03. The molecule has 0 bridgehead atoms. The summed E-state index contributed by atoms with van der Waals surface area (Å²) in [4.78, 5) is 22.9. The fourth-order valence-electron chi connectivity index (χ4n) is 1.83. The smallest absolute Gasteiger partial charge is 0.344 e. The van der Waals surface area contributed by atoms with Crippen LogP contribution in [-0.2, 0) is 15.8 Å². The summed E-state index contributed by atoms with van der Waals surface area (Å²) in [7, 11) is 0. The lowest BCUT2D eigenvalue weighted by atomic mass is 10.1. The van der Waals surface area contributed by atoms with Gasteiger partial charge in [-0.1, -0.05) is 0 Å². The Morgan fingerprint density at radius 2 is 2.10 bits per heavy atom. The quantitative estimate of drug-likeness (QED) is 0.861. The Bertz CT molecular complexity index is 560. The molecule has 0 aromatic heterocycles. The fourth-order valence-corrected chi connectivity index (χ4v) is 2.17. The third-order valence-electron chi connectivity index (χ3n) is 2.86. The van der Waals surface area contributed by atoms with Gasteiger partial charge in [-0.3, -0.25) is 9.59 Å². The highest BCUT2D eigenvalue weighted by molar-refractivity contribution is 9.10. The zero-order chi connectivity index (χ0) is 14.9. The highest BCUT2D eigenvalue weighted by Crippen LogP contribution is 2.34. The van der Waals surface area contributed by atoms with Crippen molar-refractivity contribution in [3.63, 3.8) is 0 Å². The second kappa shape index (κ2) is 5.43. The first kappa shape index (κ1) is 14.8. The Labute approximate surface area is 120 Å². The van der Waals surface area contributed by atoms with E-state index >= 15 is 0 Å². The average Bonchev–Trinajstić information content (AvgIpc) is 2.77.